The van der Waals surface area contributed by atoms with Crippen molar-refractivity contribution in [2.45, 2.75) is 25.8 Å². The number of aromatic nitrogens is 1. The summed E-state index contributed by atoms with van der Waals surface area (Å²) >= 11 is 6.15. The molecule has 3 heterocycles. The van der Waals surface area contributed by atoms with Crippen molar-refractivity contribution in [1.29, 1.82) is 0 Å². The van der Waals surface area contributed by atoms with E-state index in [0.717, 1.165) is 44.2 Å². The molecule has 0 bridgehead atoms. The van der Waals surface area contributed by atoms with Crippen LogP contribution >= 0.6 is 11.6 Å². The van der Waals surface area contributed by atoms with Crippen molar-refractivity contribution in [3.63, 3.8) is 0 Å². The number of hydrogen-bond donors (Lipinski definition) is 3. The largest absolute Gasteiger partial charge is 0.494 e. The lowest BCUT2D eigenvalue weighted by Gasteiger charge is -2.32. The van der Waals surface area contributed by atoms with Gasteiger partial charge in [0.25, 0.3) is 0 Å². The summed E-state index contributed by atoms with van der Waals surface area (Å²) in [5, 5.41) is 17.0. The molecule has 3 aromatic carbocycles. The average Bonchev–Trinajstić information content (AvgIpc) is 3.44. The van der Waals surface area contributed by atoms with Crippen LogP contribution < -0.4 is 16.0 Å². The molecule has 0 spiro atoms. The number of likely N-dealkylation sites (tertiary alicyclic amines) is 1. The lowest BCUT2D eigenvalue weighted by Crippen LogP contribution is -2.38. The van der Waals surface area contributed by atoms with Gasteiger partial charge in [0.15, 0.2) is 11.7 Å². The SMILES string of the molecule is CCN1CCC(Nc2ccc3[nH]c(O)c(C(=C4N=c5ccc(Cl)cc5=N4)c4cc(F)cc(F)c4)c3c2)CC1. The van der Waals surface area contributed by atoms with Gasteiger partial charge in [-0.15, -0.1) is 0 Å². The Morgan fingerprint density at radius 2 is 1.76 bits per heavy atom. The highest BCUT2D eigenvalue weighted by molar-refractivity contribution is 6.30. The first-order chi connectivity index (χ1) is 18.4. The zero-order chi connectivity index (χ0) is 26.4. The molecule has 0 atom stereocenters. The first-order valence-corrected chi connectivity index (χ1v) is 13.0. The molecule has 1 aromatic heterocycles. The number of hydrogen-bond acceptors (Lipinski definition) is 5. The van der Waals surface area contributed by atoms with Gasteiger partial charge in [-0.05, 0) is 73.5 Å². The van der Waals surface area contributed by atoms with Crippen molar-refractivity contribution in [2.24, 2.45) is 9.98 Å². The number of anilines is 1. The molecule has 0 radical (unpaired) electrons. The molecule has 2 aliphatic rings. The van der Waals surface area contributed by atoms with E-state index in [-0.39, 0.29) is 17.3 Å². The molecule has 1 fully saturated rings. The highest BCUT2D eigenvalue weighted by Crippen LogP contribution is 2.40. The number of halogens is 3. The third-order valence-electron chi connectivity index (χ3n) is 7.20. The van der Waals surface area contributed by atoms with E-state index in [1.807, 2.05) is 18.2 Å². The molecule has 6 nitrogen and oxygen atoms in total. The third kappa shape index (κ3) is 4.66. The maximum absolute atomic E-state index is 14.4. The summed E-state index contributed by atoms with van der Waals surface area (Å²) in [6.07, 6.45) is 2.07. The first-order valence-electron chi connectivity index (χ1n) is 12.7. The van der Waals surface area contributed by atoms with Crippen LogP contribution in [0.4, 0.5) is 14.5 Å². The monoisotopic (exact) mass is 533 g/mol. The van der Waals surface area contributed by atoms with Crippen molar-refractivity contribution in [1.82, 2.24) is 9.88 Å². The van der Waals surface area contributed by atoms with E-state index in [1.54, 1.807) is 18.2 Å². The predicted octanol–water partition coefficient (Wildman–Crippen LogP) is 5.37. The molecule has 4 aromatic rings. The molecular formula is C29H26ClF2N5O. The molecule has 2 aliphatic heterocycles. The van der Waals surface area contributed by atoms with Crippen molar-refractivity contribution < 1.29 is 13.9 Å². The van der Waals surface area contributed by atoms with E-state index in [0.29, 0.717) is 43.8 Å². The summed E-state index contributed by atoms with van der Waals surface area (Å²) in [6.45, 7) is 5.31. The van der Waals surface area contributed by atoms with E-state index in [1.165, 1.54) is 12.1 Å². The topological polar surface area (TPSA) is 76.0 Å². The zero-order valence-electron chi connectivity index (χ0n) is 20.7. The Kier molecular flexibility index (Phi) is 6.37. The van der Waals surface area contributed by atoms with Gasteiger partial charge in [0.2, 0.25) is 0 Å². The minimum atomic E-state index is -0.739. The standard InChI is InChI=1S/C29H26ClF2N5O/c1-2-37-9-7-20(8-10-37)33-21-4-6-23-22(15-21)27(29(38)36-23)26(16-11-18(31)14-19(32)12-16)28-34-24-5-3-17(30)13-25(24)35-28/h3-6,11-15,20,33,36,38H,2,7-10H2,1H3. The Morgan fingerprint density at radius 1 is 1.03 bits per heavy atom. The second-order valence-corrected chi connectivity index (χ2v) is 10.1. The minimum Gasteiger partial charge on any atom is -0.494 e. The van der Waals surface area contributed by atoms with Gasteiger partial charge in [-0.1, -0.05) is 18.5 Å². The van der Waals surface area contributed by atoms with Crippen LogP contribution in [0.3, 0.4) is 0 Å². The van der Waals surface area contributed by atoms with Crippen LogP contribution in [0.1, 0.15) is 30.9 Å². The summed E-state index contributed by atoms with van der Waals surface area (Å²) < 4.78 is 28.8. The van der Waals surface area contributed by atoms with Gasteiger partial charge in [-0.25, -0.2) is 18.8 Å². The van der Waals surface area contributed by atoms with E-state index < -0.39 is 11.6 Å². The number of aromatic amines is 1. The summed E-state index contributed by atoms with van der Waals surface area (Å²) in [5.74, 6) is -1.39. The Morgan fingerprint density at radius 3 is 2.50 bits per heavy atom. The number of aromatic hydroxyl groups is 1. The van der Waals surface area contributed by atoms with Crippen LogP contribution in [0.5, 0.6) is 5.88 Å². The van der Waals surface area contributed by atoms with Gasteiger partial charge >= 0.3 is 0 Å². The van der Waals surface area contributed by atoms with E-state index in [9.17, 15) is 13.9 Å². The van der Waals surface area contributed by atoms with Crippen molar-refractivity contribution in [2.75, 3.05) is 25.0 Å². The van der Waals surface area contributed by atoms with Crippen molar-refractivity contribution in [3.8, 4) is 5.88 Å². The predicted molar refractivity (Wildman–Crippen MR) is 145 cm³/mol. The number of nitrogens with one attached hydrogen (secondary N) is 2. The number of benzene rings is 3. The Hall–Kier alpha value is -3.75. The summed E-state index contributed by atoms with van der Waals surface area (Å²) in [6, 6.07) is 14.5. The van der Waals surface area contributed by atoms with E-state index >= 15 is 0 Å². The number of fused-ring (bicyclic) bond motifs is 2. The molecule has 1 saturated heterocycles. The molecule has 194 valence electrons. The molecule has 6 rings (SSSR count). The van der Waals surface area contributed by atoms with Crippen molar-refractivity contribution >= 4 is 33.8 Å². The minimum absolute atomic E-state index is 0.139. The number of piperidine rings is 1. The highest BCUT2D eigenvalue weighted by Gasteiger charge is 2.24. The average molecular weight is 534 g/mol. The number of nitrogens with zero attached hydrogens (tertiary/aromatic N) is 3. The Labute approximate surface area is 223 Å². The fourth-order valence-corrected chi connectivity index (χ4v) is 5.45. The normalized spacial score (nSPS) is 17.3. The molecular weight excluding hydrogens is 508 g/mol. The van der Waals surface area contributed by atoms with Crippen LogP contribution in [0, 0.1) is 11.6 Å². The molecule has 0 unspecified atom stereocenters. The van der Waals surface area contributed by atoms with Gasteiger partial charge in [0.05, 0.1) is 16.3 Å². The van der Waals surface area contributed by atoms with E-state index in [4.69, 9.17) is 11.6 Å². The lowest BCUT2D eigenvalue weighted by atomic mass is 9.96. The van der Waals surface area contributed by atoms with Gasteiger partial charge in [0, 0.05) is 52.4 Å². The Balaban J connectivity index is 1.50. The lowest BCUT2D eigenvalue weighted by molar-refractivity contribution is 0.229. The van der Waals surface area contributed by atoms with Crippen LogP contribution in [0.2, 0.25) is 5.02 Å². The van der Waals surface area contributed by atoms with Crippen LogP contribution in [-0.2, 0) is 0 Å². The molecule has 38 heavy (non-hydrogen) atoms. The fraction of sp³-hybridized carbons (Fsp3) is 0.241. The van der Waals surface area contributed by atoms with Crippen LogP contribution in [-0.4, -0.2) is 40.7 Å². The zero-order valence-corrected chi connectivity index (χ0v) is 21.5. The molecule has 9 heteroatoms. The Bertz CT molecular complexity index is 1690. The second-order valence-electron chi connectivity index (χ2n) is 9.68. The summed E-state index contributed by atoms with van der Waals surface area (Å²) in [4.78, 5) is 14.7. The van der Waals surface area contributed by atoms with E-state index in [2.05, 4.69) is 32.1 Å². The number of H-pyrrole nitrogens is 1. The van der Waals surface area contributed by atoms with Crippen LogP contribution in [0.15, 0.2) is 70.4 Å². The van der Waals surface area contributed by atoms with Gasteiger partial charge in [0.1, 0.15) is 11.6 Å². The third-order valence-corrected chi connectivity index (χ3v) is 7.43. The smallest absolute Gasteiger partial charge is 0.197 e. The fourth-order valence-electron chi connectivity index (χ4n) is 5.28. The quantitative estimate of drug-likeness (QED) is 0.323. The number of rotatable bonds is 5. The summed E-state index contributed by atoms with van der Waals surface area (Å²) in [7, 11) is 0. The maximum atomic E-state index is 14.4. The van der Waals surface area contributed by atoms with Gasteiger partial charge in [-0.2, -0.15) is 0 Å². The molecule has 3 N–H and O–H groups in total. The highest BCUT2D eigenvalue weighted by atomic mass is 35.5. The van der Waals surface area contributed by atoms with Crippen LogP contribution in [0.25, 0.3) is 16.5 Å². The molecule has 0 saturated carbocycles. The molecule has 0 aliphatic carbocycles. The summed E-state index contributed by atoms with van der Waals surface area (Å²) in [5.41, 5.74) is 2.48. The maximum Gasteiger partial charge on any atom is 0.197 e. The van der Waals surface area contributed by atoms with Gasteiger partial charge < -0.3 is 20.3 Å². The second kappa shape index (κ2) is 9.85. The first kappa shape index (κ1) is 24.6. The van der Waals surface area contributed by atoms with Gasteiger partial charge in [-0.3, -0.25) is 0 Å². The van der Waals surface area contributed by atoms with Crippen molar-refractivity contribution in [3.05, 3.63) is 98.9 Å². The molecule has 0 amide bonds.